The minimum Gasteiger partial charge on any atom is -0.385 e. The first-order valence-electron chi connectivity index (χ1n) is 6.67. The van der Waals surface area contributed by atoms with E-state index in [1.165, 1.54) is 6.07 Å². The Labute approximate surface area is 111 Å². The van der Waals surface area contributed by atoms with Gasteiger partial charge in [-0.25, -0.2) is 0 Å². The zero-order valence-corrected chi connectivity index (χ0v) is 11.2. The number of hydrogen-bond acceptors (Lipinski definition) is 1. The summed E-state index contributed by atoms with van der Waals surface area (Å²) in [6, 6.07) is 3.64. The van der Waals surface area contributed by atoms with E-state index in [1.807, 2.05) is 0 Å². The molecule has 2 rings (SSSR count). The Balaban J connectivity index is 2.32. The molecule has 0 bridgehead atoms. The molecule has 0 saturated heterocycles. The lowest BCUT2D eigenvalue weighted by Crippen LogP contribution is -2.23. The molecule has 1 fully saturated rings. The number of aryl methyl sites for hydroxylation is 1. The molecular weight excluding hydrogens is 253 g/mol. The molecule has 1 N–H and O–H groups in total. The average Bonchev–Trinajstić information content (AvgIpc) is 2.70. The number of aliphatic hydroxyl groups is 1. The molecule has 0 amide bonds. The lowest BCUT2D eigenvalue weighted by atomic mass is 9.87. The number of benzene rings is 1. The summed E-state index contributed by atoms with van der Waals surface area (Å²) in [5, 5.41) is 10.7. The van der Waals surface area contributed by atoms with E-state index in [0.29, 0.717) is 29.9 Å². The number of hydrogen-bond donors (Lipinski definition) is 1. The largest absolute Gasteiger partial charge is 0.416 e. The second-order valence-corrected chi connectivity index (χ2v) is 5.58. The van der Waals surface area contributed by atoms with Gasteiger partial charge in [-0.15, -0.1) is 0 Å². The maximum absolute atomic E-state index is 12.6. The van der Waals surface area contributed by atoms with Crippen molar-refractivity contribution in [2.75, 3.05) is 0 Å². The summed E-state index contributed by atoms with van der Waals surface area (Å²) in [5.74, 6) is 0.465. The lowest BCUT2D eigenvalue weighted by Gasteiger charge is -2.26. The Morgan fingerprint density at radius 3 is 2.53 bits per heavy atom. The molecule has 4 heteroatoms. The van der Waals surface area contributed by atoms with Gasteiger partial charge in [0.25, 0.3) is 0 Å². The molecule has 19 heavy (non-hydrogen) atoms. The van der Waals surface area contributed by atoms with Crippen LogP contribution >= 0.6 is 0 Å². The predicted molar refractivity (Wildman–Crippen MR) is 67.7 cm³/mol. The Morgan fingerprint density at radius 1 is 1.37 bits per heavy atom. The molecule has 2 atom stereocenters. The van der Waals surface area contributed by atoms with Crippen molar-refractivity contribution in [1.29, 1.82) is 0 Å². The third-order valence-electron chi connectivity index (χ3n) is 4.22. The van der Waals surface area contributed by atoms with Crippen LogP contribution in [-0.2, 0) is 11.8 Å². The van der Waals surface area contributed by atoms with Crippen LogP contribution < -0.4 is 0 Å². The Morgan fingerprint density at radius 2 is 2.05 bits per heavy atom. The van der Waals surface area contributed by atoms with Crippen LogP contribution in [-0.4, -0.2) is 5.11 Å². The number of halogens is 3. The quantitative estimate of drug-likeness (QED) is 0.845. The van der Waals surface area contributed by atoms with E-state index in [1.54, 1.807) is 6.92 Å². The number of rotatable bonds is 2. The van der Waals surface area contributed by atoms with Gasteiger partial charge in [0.05, 0.1) is 11.2 Å². The van der Waals surface area contributed by atoms with Gasteiger partial charge >= 0.3 is 6.18 Å². The van der Waals surface area contributed by atoms with Crippen molar-refractivity contribution in [1.82, 2.24) is 0 Å². The first-order valence-corrected chi connectivity index (χ1v) is 6.67. The Hall–Kier alpha value is -1.03. The standard InChI is InChI=1S/C15H19F3O/c1-3-11-6-7-14(19,9-11)13-5-4-12(8-10(13)2)15(16,17)18/h4-5,8,11,19H,3,6-7,9H2,1-2H3. The molecule has 0 radical (unpaired) electrons. The van der Waals surface area contributed by atoms with Gasteiger partial charge in [0, 0.05) is 0 Å². The molecule has 2 unspecified atom stereocenters. The first kappa shape index (κ1) is 14.4. The highest BCUT2D eigenvalue weighted by atomic mass is 19.4. The average molecular weight is 272 g/mol. The van der Waals surface area contributed by atoms with Crippen LogP contribution in [0.2, 0.25) is 0 Å². The summed E-state index contributed by atoms with van der Waals surface area (Å²) < 4.78 is 37.9. The molecule has 1 aliphatic carbocycles. The van der Waals surface area contributed by atoms with Gasteiger partial charge in [-0.2, -0.15) is 13.2 Å². The van der Waals surface area contributed by atoms with Crippen molar-refractivity contribution in [2.24, 2.45) is 5.92 Å². The van der Waals surface area contributed by atoms with Gasteiger partial charge in [-0.1, -0.05) is 19.4 Å². The van der Waals surface area contributed by atoms with Crippen molar-refractivity contribution < 1.29 is 18.3 Å². The molecule has 1 aromatic rings. The van der Waals surface area contributed by atoms with Crippen LogP contribution in [0.1, 0.15) is 49.3 Å². The van der Waals surface area contributed by atoms with Crippen LogP contribution in [0.15, 0.2) is 18.2 Å². The molecule has 1 saturated carbocycles. The summed E-state index contributed by atoms with van der Waals surface area (Å²) in [4.78, 5) is 0. The van der Waals surface area contributed by atoms with Crippen molar-refractivity contribution in [3.63, 3.8) is 0 Å². The molecule has 106 valence electrons. The molecule has 0 aromatic heterocycles. The minimum atomic E-state index is -4.33. The zero-order chi connectivity index (χ0) is 14.3. The maximum atomic E-state index is 12.6. The molecule has 1 aliphatic rings. The Bertz CT molecular complexity index is 467. The molecule has 0 aliphatic heterocycles. The fourth-order valence-electron chi connectivity index (χ4n) is 3.08. The van der Waals surface area contributed by atoms with Crippen LogP contribution in [0.3, 0.4) is 0 Å². The second kappa shape index (κ2) is 4.82. The predicted octanol–water partition coefficient (Wildman–Crippen LogP) is 4.41. The SMILES string of the molecule is CCC1CCC(O)(c2ccc(C(F)(F)F)cc2C)C1. The van der Waals surface area contributed by atoms with E-state index >= 15 is 0 Å². The monoisotopic (exact) mass is 272 g/mol. The zero-order valence-electron chi connectivity index (χ0n) is 11.2. The summed E-state index contributed by atoms with van der Waals surface area (Å²) in [6.07, 6.45) is -1.10. The van der Waals surface area contributed by atoms with Gasteiger partial charge in [-0.3, -0.25) is 0 Å². The topological polar surface area (TPSA) is 20.2 Å². The molecular formula is C15H19F3O. The normalized spacial score (nSPS) is 27.8. The van der Waals surface area contributed by atoms with E-state index in [2.05, 4.69) is 6.92 Å². The van der Waals surface area contributed by atoms with Crippen molar-refractivity contribution >= 4 is 0 Å². The van der Waals surface area contributed by atoms with E-state index < -0.39 is 17.3 Å². The lowest BCUT2D eigenvalue weighted by molar-refractivity contribution is -0.137. The van der Waals surface area contributed by atoms with Gasteiger partial charge in [-0.05, 0) is 55.4 Å². The van der Waals surface area contributed by atoms with Crippen molar-refractivity contribution in [3.8, 4) is 0 Å². The van der Waals surface area contributed by atoms with Gasteiger partial charge in [0.15, 0.2) is 0 Å². The highest BCUT2D eigenvalue weighted by molar-refractivity contribution is 5.37. The fraction of sp³-hybridized carbons (Fsp3) is 0.600. The highest BCUT2D eigenvalue weighted by Crippen LogP contribution is 2.45. The maximum Gasteiger partial charge on any atom is 0.416 e. The highest BCUT2D eigenvalue weighted by Gasteiger charge is 2.39. The minimum absolute atomic E-state index is 0.465. The molecule has 0 spiro atoms. The van der Waals surface area contributed by atoms with Crippen molar-refractivity contribution in [3.05, 3.63) is 34.9 Å². The van der Waals surface area contributed by atoms with Gasteiger partial charge < -0.3 is 5.11 Å². The smallest absolute Gasteiger partial charge is 0.385 e. The van der Waals surface area contributed by atoms with Crippen LogP contribution in [0, 0.1) is 12.8 Å². The summed E-state index contributed by atoms with van der Waals surface area (Å²) in [6.45, 7) is 3.72. The third kappa shape index (κ3) is 2.78. The van der Waals surface area contributed by atoms with Crippen molar-refractivity contribution in [2.45, 2.75) is 51.3 Å². The summed E-state index contributed by atoms with van der Waals surface area (Å²) in [7, 11) is 0. The van der Waals surface area contributed by atoms with Crippen LogP contribution in [0.4, 0.5) is 13.2 Å². The Kier molecular flexibility index (Phi) is 3.65. The summed E-state index contributed by atoms with van der Waals surface area (Å²) in [5.41, 5.74) is -0.428. The molecule has 1 nitrogen and oxygen atoms in total. The van der Waals surface area contributed by atoms with Crippen LogP contribution in [0.25, 0.3) is 0 Å². The number of alkyl halides is 3. The molecule has 0 heterocycles. The molecule has 1 aromatic carbocycles. The van der Waals surface area contributed by atoms with Gasteiger partial charge in [0.1, 0.15) is 0 Å². The van der Waals surface area contributed by atoms with E-state index in [0.717, 1.165) is 25.0 Å². The van der Waals surface area contributed by atoms with E-state index in [-0.39, 0.29) is 0 Å². The van der Waals surface area contributed by atoms with Gasteiger partial charge in [0.2, 0.25) is 0 Å². The fourth-order valence-corrected chi connectivity index (χ4v) is 3.08. The van der Waals surface area contributed by atoms with Crippen LogP contribution in [0.5, 0.6) is 0 Å². The second-order valence-electron chi connectivity index (χ2n) is 5.58. The van der Waals surface area contributed by atoms with E-state index in [4.69, 9.17) is 0 Å². The third-order valence-corrected chi connectivity index (χ3v) is 4.22. The first-order chi connectivity index (χ1) is 8.76. The van der Waals surface area contributed by atoms with E-state index in [9.17, 15) is 18.3 Å². The summed E-state index contributed by atoms with van der Waals surface area (Å²) >= 11 is 0.